The lowest BCUT2D eigenvalue weighted by molar-refractivity contribution is -0.131. The molecule has 1 amide bonds. The predicted molar refractivity (Wildman–Crippen MR) is 45.8 cm³/mol. The van der Waals surface area contributed by atoms with E-state index >= 15 is 0 Å². The highest BCUT2D eigenvalue weighted by Gasteiger charge is 2.29. The second-order valence-electron chi connectivity index (χ2n) is 2.88. The lowest BCUT2D eigenvalue weighted by Gasteiger charge is -2.27. The molecule has 0 saturated heterocycles. The Bertz CT molecular complexity index is 350. The summed E-state index contributed by atoms with van der Waals surface area (Å²) in [6.45, 7) is 1.60. The molecule has 1 heterocycles. The number of fused-ring (bicyclic) bond motifs is 1. The van der Waals surface area contributed by atoms with E-state index in [0.29, 0.717) is 16.5 Å². The monoisotopic (exact) mass is 179 g/mol. The zero-order valence-corrected chi connectivity index (χ0v) is 7.10. The highest BCUT2D eigenvalue weighted by Crippen LogP contribution is 2.31. The van der Waals surface area contributed by atoms with Crippen LogP contribution in [-0.4, -0.2) is 17.2 Å². The molecule has 4 heteroatoms. The van der Waals surface area contributed by atoms with Gasteiger partial charge in [0.05, 0.1) is 0 Å². The minimum Gasteiger partial charge on any atom is -0.479 e. The van der Waals surface area contributed by atoms with Crippen LogP contribution >= 0.6 is 0 Å². The molecule has 0 spiro atoms. The van der Waals surface area contributed by atoms with Crippen molar-refractivity contribution in [1.29, 1.82) is 0 Å². The van der Waals surface area contributed by atoms with Crippen LogP contribution in [0, 0.1) is 0 Å². The minimum atomic E-state index is -0.625. The van der Waals surface area contributed by atoms with E-state index in [-0.39, 0.29) is 0 Å². The van der Waals surface area contributed by atoms with Gasteiger partial charge in [0.15, 0.2) is 6.10 Å². The molecule has 1 atom stereocenters. The van der Waals surface area contributed by atoms with Crippen molar-refractivity contribution in [2.75, 3.05) is 5.06 Å². The van der Waals surface area contributed by atoms with Gasteiger partial charge in [-0.2, -0.15) is 5.06 Å². The predicted octanol–water partition coefficient (Wildman–Crippen LogP) is 1.19. The maximum Gasteiger partial charge on any atom is 0.291 e. The number of hydrogen-bond acceptors (Lipinski definition) is 3. The third-order valence-electron chi connectivity index (χ3n) is 1.95. The highest BCUT2D eigenvalue weighted by atomic mass is 16.6. The molecular weight excluding hydrogens is 170 g/mol. The van der Waals surface area contributed by atoms with E-state index in [1.807, 2.05) is 0 Å². The Balaban J connectivity index is 2.49. The van der Waals surface area contributed by atoms with E-state index in [9.17, 15) is 10.0 Å². The molecule has 0 aromatic heterocycles. The largest absolute Gasteiger partial charge is 0.479 e. The van der Waals surface area contributed by atoms with Gasteiger partial charge in [0, 0.05) is 0 Å². The van der Waals surface area contributed by atoms with Crippen LogP contribution in [0.4, 0.5) is 5.69 Å². The van der Waals surface area contributed by atoms with Gasteiger partial charge >= 0.3 is 0 Å². The molecule has 0 fully saturated rings. The molecule has 13 heavy (non-hydrogen) atoms. The number of hydrogen-bond donors (Lipinski definition) is 1. The molecule has 4 nitrogen and oxygen atoms in total. The van der Waals surface area contributed by atoms with Crippen molar-refractivity contribution < 1.29 is 14.7 Å². The fraction of sp³-hybridized carbons (Fsp3) is 0.222. The Hall–Kier alpha value is -1.55. The topological polar surface area (TPSA) is 49.8 Å². The Morgan fingerprint density at radius 2 is 2.15 bits per heavy atom. The Morgan fingerprint density at radius 1 is 1.46 bits per heavy atom. The third kappa shape index (κ3) is 1.15. The Morgan fingerprint density at radius 3 is 2.92 bits per heavy atom. The van der Waals surface area contributed by atoms with Crippen molar-refractivity contribution in [2.24, 2.45) is 0 Å². The van der Waals surface area contributed by atoms with Crippen molar-refractivity contribution in [1.82, 2.24) is 0 Å². The Kier molecular flexibility index (Phi) is 1.70. The number of nitrogens with zero attached hydrogens (tertiary/aromatic N) is 1. The van der Waals surface area contributed by atoms with Crippen molar-refractivity contribution in [2.45, 2.75) is 13.0 Å². The van der Waals surface area contributed by atoms with Crippen LogP contribution in [0.2, 0.25) is 0 Å². The van der Waals surface area contributed by atoms with Gasteiger partial charge in [0.2, 0.25) is 0 Å². The summed E-state index contributed by atoms with van der Waals surface area (Å²) in [7, 11) is 0. The van der Waals surface area contributed by atoms with Crippen LogP contribution in [0.3, 0.4) is 0 Å². The first-order chi connectivity index (χ1) is 6.20. The quantitative estimate of drug-likeness (QED) is 0.608. The molecule has 0 unspecified atom stereocenters. The van der Waals surface area contributed by atoms with E-state index in [2.05, 4.69) is 0 Å². The summed E-state index contributed by atoms with van der Waals surface area (Å²) in [4.78, 5) is 11.2. The van der Waals surface area contributed by atoms with Crippen molar-refractivity contribution >= 4 is 11.6 Å². The summed E-state index contributed by atoms with van der Waals surface area (Å²) >= 11 is 0. The van der Waals surface area contributed by atoms with Crippen LogP contribution in [0.25, 0.3) is 0 Å². The molecule has 0 saturated carbocycles. The van der Waals surface area contributed by atoms with Crippen LogP contribution in [0.1, 0.15) is 6.92 Å². The average molecular weight is 179 g/mol. The molecule has 1 aromatic carbocycles. The fourth-order valence-electron chi connectivity index (χ4n) is 1.26. The number of carbonyl (C=O) groups is 1. The van der Waals surface area contributed by atoms with Gasteiger partial charge in [-0.1, -0.05) is 12.1 Å². The summed E-state index contributed by atoms with van der Waals surface area (Å²) in [5, 5.41) is 10.0. The molecule has 0 bridgehead atoms. The molecule has 1 aromatic rings. The summed E-state index contributed by atoms with van der Waals surface area (Å²) < 4.78 is 5.26. The van der Waals surface area contributed by atoms with E-state index < -0.39 is 12.0 Å². The second-order valence-corrected chi connectivity index (χ2v) is 2.88. The molecule has 1 aliphatic heterocycles. The van der Waals surface area contributed by atoms with Crippen LogP contribution < -0.4 is 9.80 Å². The number of amides is 1. The minimum absolute atomic E-state index is 0.394. The van der Waals surface area contributed by atoms with E-state index in [1.165, 1.54) is 0 Å². The van der Waals surface area contributed by atoms with Crippen molar-refractivity contribution in [3.8, 4) is 5.75 Å². The first-order valence-corrected chi connectivity index (χ1v) is 3.98. The molecular formula is C9H9NO3. The van der Waals surface area contributed by atoms with Crippen LogP contribution in [0.5, 0.6) is 5.75 Å². The molecule has 68 valence electrons. The van der Waals surface area contributed by atoms with Gasteiger partial charge in [-0.05, 0) is 19.1 Å². The van der Waals surface area contributed by atoms with Gasteiger partial charge in [-0.3, -0.25) is 10.0 Å². The number of ether oxygens (including phenoxy) is 1. The lowest BCUT2D eigenvalue weighted by atomic mass is 10.2. The molecule has 2 rings (SSSR count). The van der Waals surface area contributed by atoms with Gasteiger partial charge < -0.3 is 4.74 Å². The number of hydroxylamine groups is 1. The fourth-order valence-corrected chi connectivity index (χ4v) is 1.26. The maximum atomic E-state index is 11.2. The van der Waals surface area contributed by atoms with Crippen molar-refractivity contribution in [3.05, 3.63) is 24.3 Å². The van der Waals surface area contributed by atoms with E-state index in [4.69, 9.17) is 4.74 Å². The van der Waals surface area contributed by atoms with Crippen LogP contribution in [0.15, 0.2) is 24.3 Å². The molecule has 0 radical (unpaired) electrons. The maximum absolute atomic E-state index is 11.2. The number of para-hydroxylation sites is 2. The number of rotatable bonds is 0. The standard InChI is InChI=1S/C9H9NO3/c1-6-9(11)10(12)7-4-2-3-5-8(7)13-6/h2-6,12H,1H3/t6-/m1/s1. The summed E-state index contributed by atoms with van der Waals surface area (Å²) in [6, 6.07) is 6.85. The number of benzene rings is 1. The van der Waals surface area contributed by atoms with Gasteiger partial charge in [0.1, 0.15) is 11.4 Å². The first-order valence-electron chi connectivity index (χ1n) is 3.98. The van der Waals surface area contributed by atoms with Crippen LogP contribution in [-0.2, 0) is 4.79 Å². The highest BCUT2D eigenvalue weighted by molar-refractivity contribution is 5.97. The summed E-state index contributed by atoms with van der Waals surface area (Å²) in [5.41, 5.74) is 0.394. The number of carbonyl (C=O) groups excluding carboxylic acids is 1. The zero-order chi connectivity index (χ0) is 9.42. The smallest absolute Gasteiger partial charge is 0.291 e. The van der Waals surface area contributed by atoms with Gasteiger partial charge in [-0.25, -0.2) is 0 Å². The Labute approximate surface area is 75.3 Å². The van der Waals surface area contributed by atoms with E-state index in [1.54, 1.807) is 31.2 Å². The lowest BCUT2D eigenvalue weighted by Crippen LogP contribution is -2.42. The molecule has 0 aliphatic carbocycles. The first kappa shape index (κ1) is 8.07. The van der Waals surface area contributed by atoms with E-state index in [0.717, 1.165) is 0 Å². The molecule has 1 aliphatic rings. The normalized spacial score (nSPS) is 20.9. The SMILES string of the molecule is C[C@H]1Oc2ccccc2N(O)C1=O. The summed E-state index contributed by atoms with van der Waals surface area (Å²) in [5.74, 6) is 0.0794. The zero-order valence-electron chi connectivity index (χ0n) is 7.10. The van der Waals surface area contributed by atoms with Gasteiger partial charge in [-0.15, -0.1) is 0 Å². The summed E-state index contributed by atoms with van der Waals surface area (Å²) in [6.07, 6.45) is -0.625. The second kappa shape index (κ2) is 2.74. The van der Waals surface area contributed by atoms with Gasteiger partial charge in [0.25, 0.3) is 5.91 Å². The van der Waals surface area contributed by atoms with Crippen molar-refractivity contribution in [3.63, 3.8) is 0 Å². The average Bonchev–Trinajstić information content (AvgIpc) is 2.15. The number of anilines is 1. The third-order valence-corrected chi connectivity index (χ3v) is 1.95. The molecule has 1 N–H and O–H groups in total.